The summed E-state index contributed by atoms with van der Waals surface area (Å²) in [5.41, 5.74) is 1.57. The van der Waals surface area contributed by atoms with Gasteiger partial charge < -0.3 is 4.74 Å². The molecule has 0 bridgehead atoms. The molecule has 3 rings (SSSR count). The van der Waals surface area contributed by atoms with Gasteiger partial charge in [-0.25, -0.2) is 4.90 Å². The monoisotopic (exact) mass is 316 g/mol. The molecule has 0 saturated heterocycles. The molecule has 2 amide bonds. The summed E-state index contributed by atoms with van der Waals surface area (Å²) < 4.78 is 5.53. The van der Waals surface area contributed by atoms with E-state index in [0.29, 0.717) is 12.4 Å². The van der Waals surface area contributed by atoms with Crippen molar-refractivity contribution in [3.8, 4) is 5.75 Å². The summed E-state index contributed by atoms with van der Waals surface area (Å²) in [4.78, 5) is 26.4. The van der Waals surface area contributed by atoms with Gasteiger partial charge >= 0.3 is 0 Å². The molecule has 0 radical (unpaired) electrons. The summed E-state index contributed by atoms with van der Waals surface area (Å²) in [6.45, 7) is 10.5. The third-order valence-electron chi connectivity index (χ3n) is 2.99. The SMILES string of the molecule is C=CC.CC.CN1COc2ccc(N3C(=O)C=CC3=O)cc2C1. The van der Waals surface area contributed by atoms with Crippen molar-refractivity contribution in [2.75, 3.05) is 18.7 Å². The number of allylic oxidation sites excluding steroid dienone is 1. The van der Waals surface area contributed by atoms with Gasteiger partial charge in [0, 0.05) is 24.3 Å². The number of nitrogens with zero attached hydrogens (tertiary/aromatic N) is 2. The lowest BCUT2D eigenvalue weighted by molar-refractivity contribution is -0.119. The highest BCUT2D eigenvalue weighted by Gasteiger charge is 2.26. The molecule has 5 heteroatoms. The van der Waals surface area contributed by atoms with Crippen LogP contribution in [-0.2, 0) is 16.1 Å². The number of hydrogen-bond donors (Lipinski definition) is 0. The highest BCUT2D eigenvalue weighted by molar-refractivity contribution is 6.28. The van der Waals surface area contributed by atoms with Crippen molar-refractivity contribution in [2.45, 2.75) is 27.3 Å². The Labute approximate surface area is 137 Å². The molecule has 124 valence electrons. The molecule has 23 heavy (non-hydrogen) atoms. The molecule has 0 fully saturated rings. The number of amides is 2. The van der Waals surface area contributed by atoms with Crippen LogP contribution >= 0.6 is 0 Å². The van der Waals surface area contributed by atoms with Gasteiger partial charge in [0.1, 0.15) is 12.5 Å². The lowest BCUT2D eigenvalue weighted by Crippen LogP contribution is -2.31. The predicted octanol–water partition coefficient (Wildman–Crippen LogP) is 3.12. The van der Waals surface area contributed by atoms with Crippen LogP contribution in [0.4, 0.5) is 5.69 Å². The molecule has 1 aromatic carbocycles. The number of carbonyl (C=O) groups is 2. The van der Waals surface area contributed by atoms with Gasteiger partial charge in [-0.15, -0.1) is 6.58 Å². The molecule has 5 nitrogen and oxygen atoms in total. The van der Waals surface area contributed by atoms with Crippen LogP contribution in [0, 0.1) is 0 Å². The molecular weight excluding hydrogens is 292 g/mol. The van der Waals surface area contributed by atoms with E-state index in [-0.39, 0.29) is 11.8 Å². The normalized spacial score (nSPS) is 15.7. The van der Waals surface area contributed by atoms with Crippen LogP contribution < -0.4 is 9.64 Å². The number of rotatable bonds is 1. The first kappa shape index (κ1) is 18.6. The zero-order valence-corrected chi connectivity index (χ0v) is 14.2. The summed E-state index contributed by atoms with van der Waals surface area (Å²) in [5.74, 6) is 0.207. The van der Waals surface area contributed by atoms with Gasteiger partial charge in [0.2, 0.25) is 0 Å². The molecule has 1 aromatic rings. The quantitative estimate of drug-likeness (QED) is 0.590. The molecular formula is C18H24N2O3. The summed E-state index contributed by atoms with van der Waals surface area (Å²) in [7, 11) is 1.95. The first-order valence-electron chi connectivity index (χ1n) is 7.64. The molecule has 2 aliphatic heterocycles. The van der Waals surface area contributed by atoms with E-state index in [1.54, 1.807) is 18.2 Å². The maximum Gasteiger partial charge on any atom is 0.258 e. The van der Waals surface area contributed by atoms with Crippen molar-refractivity contribution in [1.29, 1.82) is 0 Å². The standard InChI is InChI=1S/C13H12N2O3.C3H6.C2H6/c1-14-7-9-6-10(2-3-11(9)18-8-14)15-12(16)4-5-13(15)17;1-3-2;1-2/h2-6H,7-8H2,1H3;3H,1H2,2H3;1-2H3. The molecule has 0 N–H and O–H groups in total. The first-order chi connectivity index (χ1) is 11.1. The number of ether oxygens (including phenoxy) is 1. The number of anilines is 1. The van der Waals surface area contributed by atoms with Crippen molar-refractivity contribution in [1.82, 2.24) is 4.90 Å². The fourth-order valence-electron chi connectivity index (χ4n) is 2.14. The second kappa shape index (κ2) is 8.90. The number of fused-ring (bicyclic) bond motifs is 1. The van der Waals surface area contributed by atoms with Crippen LogP contribution in [0.1, 0.15) is 26.3 Å². The van der Waals surface area contributed by atoms with Crippen LogP contribution in [0.2, 0.25) is 0 Å². The van der Waals surface area contributed by atoms with E-state index >= 15 is 0 Å². The van der Waals surface area contributed by atoms with Crippen LogP contribution in [0.15, 0.2) is 43.0 Å². The largest absolute Gasteiger partial charge is 0.478 e. The molecule has 0 atom stereocenters. The van der Waals surface area contributed by atoms with Gasteiger partial charge in [-0.05, 0) is 32.2 Å². The third kappa shape index (κ3) is 4.53. The van der Waals surface area contributed by atoms with E-state index in [0.717, 1.165) is 22.8 Å². The van der Waals surface area contributed by atoms with Crippen LogP contribution in [0.25, 0.3) is 0 Å². The van der Waals surface area contributed by atoms with Crippen molar-refractivity contribution >= 4 is 17.5 Å². The zero-order chi connectivity index (χ0) is 17.4. The summed E-state index contributed by atoms with van der Waals surface area (Å²) in [6, 6.07) is 5.36. The summed E-state index contributed by atoms with van der Waals surface area (Å²) in [6.07, 6.45) is 4.31. The first-order valence-corrected chi connectivity index (χ1v) is 7.64. The van der Waals surface area contributed by atoms with E-state index in [1.165, 1.54) is 12.2 Å². The maximum atomic E-state index is 11.6. The summed E-state index contributed by atoms with van der Waals surface area (Å²) in [5, 5.41) is 0. The van der Waals surface area contributed by atoms with E-state index in [2.05, 4.69) is 6.58 Å². The van der Waals surface area contributed by atoms with Crippen molar-refractivity contribution in [3.05, 3.63) is 48.6 Å². The number of imide groups is 1. The fraction of sp³-hybridized carbons (Fsp3) is 0.333. The second-order valence-electron chi connectivity index (χ2n) is 4.83. The van der Waals surface area contributed by atoms with Gasteiger partial charge in [0.25, 0.3) is 11.8 Å². The van der Waals surface area contributed by atoms with Crippen molar-refractivity contribution in [2.24, 2.45) is 0 Å². The van der Waals surface area contributed by atoms with Crippen molar-refractivity contribution in [3.63, 3.8) is 0 Å². The average Bonchev–Trinajstić information content (AvgIpc) is 2.88. The summed E-state index contributed by atoms with van der Waals surface area (Å²) >= 11 is 0. The van der Waals surface area contributed by atoms with Gasteiger partial charge in [-0.1, -0.05) is 19.9 Å². The lowest BCUT2D eigenvalue weighted by Gasteiger charge is -2.26. The Bertz CT molecular complexity index is 590. The Balaban J connectivity index is 0.000000477. The van der Waals surface area contributed by atoms with Crippen LogP contribution in [0.3, 0.4) is 0 Å². The maximum absolute atomic E-state index is 11.6. The van der Waals surface area contributed by atoms with Crippen LogP contribution in [-0.4, -0.2) is 30.5 Å². The minimum atomic E-state index is -0.301. The Morgan fingerprint density at radius 2 is 1.74 bits per heavy atom. The molecule has 0 aliphatic carbocycles. The van der Waals surface area contributed by atoms with Crippen LogP contribution in [0.5, 0.6) is 5.75 Å². The van der Waals surface area contributed by atoms with E-state index in [1.807, 2.05) is 38.8 Å². The highest BCUT2D eigenvalue weighted by Crippen LogP contribution is 2.30. The minimum absolute atomic E-state index is 0.301. The third-order valence-corrected chi connectivity index (χ3v) is 2.99. The van der Waals surface area contributed by atoms with E-state index in [4.69, 9.17) is 4.74 Å². The molecule has 2 aliphatic rings. The Hall–Kier alpha value is -2.40. The van der Waals surface area contributed by atoms with E-state index in [9.17, 15) is 9.59 Å². The van der Waals surface area contributed by atoms with E-state index < -0.39 is 0 Å². The van der Waals surface area contributed by atoms with Gasteiger partial charge in [0.15, 0.2) is 0 Å². The number of carbonyl (C=O) groups excluding carboxylic acids is 2. The van der Waals surface area contributed by atoms with Gasteiger partial charge in [0.05, 0.1) is 5.69 Å². The molecule has 0 aromatic heterocycles. The minimum Gasteiger partial charge on any atom is -0.478 e. The fourth-order valence-corrected chi connectivity index (χ4v) is 2.14. The second-order valence-corrected chi connectivity index (χ2v) is 4.83. The predicted molar refractivity (Wildman–Crippen MR) is 92.3 cm³/mol. The Morgan fingerprint density at radius 1 is 1.17 bits per heavy atom. The Morgan fingerprint density at radius 3 is 2.30 bits per heavy atom. The molecule has 2 heterocycles. The zero-order valence-electron chi connectivity index (χ0n) is 14.2. The highest BCUT2D eigenvalue weighted by atomic mass is 16.5. The Kier molecular flexibility index (Phi) is 7.22. The van der Waals surface area contributed by atoms with Gasteiger partial charge in [-0.2, -0.15) is 0 Å². The number of hydrogen-bond acceptors (Lipinski definition) is 4. The lowest BCUT2D eigenvalue weighted by atomic mass is 10.1. The molecule has 0 spiro atoms. The molecule has 0 saturated carbocycles. The average molecular weight is 316 g/mol. The number of benzene rings is 1. The van der Waals surface area contributed by atoms with Crippen molar-refractivity contribution < 1.29 is 14.3 Å². The molecule has 0 unspecified atom stereocenters. The van der Waals surface area contributed by atoms with Gasteiger partial charge in [-0.3, -0.25) is 14.5 Å². The smallest absolute Gasteiger partial charge is 0.258 e. The topological polar surface area (TPSA) is 49.9 Å².